The van der Waals surface area contributed by atoms with Crippen LogP contribution in [0.4, 0.5) is 15.8 Å². The predicted molar refractivity (Wildman–Crippen MR) is 120 cm³/mol. The van der Waals surface area contributed by atoms with E-state index in [9.17, 15) is 24.1 Å². The Morgan fingerprint density at radius 3 is 2.52 bits per heavy atom. The zero-order valence-corrected chi connectivity index (χ0v) is 18.6. The number of nitrogens with zero attached hydrogens (tertiary/aromatic N) is 4. The number of hydrogen-bond acceptors (Lipinski definition) is 7. The zero-order chi connectivity index (χ0) is 24.0. The van der Waals surface area contributed by atoms with E-state index in [2.05, 4.69) is 20.8 Å². The van der Waals surface area contributed by atoms with Crippen molar-refractivity contribution in [1.29, 1.82) is 0 Å². The molecule has 0 saturated heterocycles. The van der Waals surface area contributed by atoms with Gasteiger partial charge in [0.1, 0.15) is 5.82 Å². The number of anilines is 1. The fourth-order valence-electron chi connectivity index (χ4n) is 2.84. The second kappa shape index (κ2) is 10.7. The molecule has 1 atom stereocenters. The first-order valence-corrected chi connectivity index (χ1v) is 10.8. The summed E-state index contributed by atoms with van der Waals surface area (Å²) in [5.74, 6) is -1.03. The Hall–Kier alpha value is -3.80. The number of hydrogen-bond donors (Lipinski definition) is 2. The molecule has 3 aromatic rings. The second-order valence-electron chi connectivity index (χ2n) is 6.93. The highest BCUT2D eigenvalue weighted by Crippen LogP contribution is 2.25. The van der Waals surface area contributed by atoms with E-state index in [-0.39, 0.29) is 23.7 Å². The van der Waals surface area contributed by atoms with E-state index >= 15 is 0 Å². The third-order valence-corrected chi connectivity index (χ3v) is 6.11. The number of nitrogens with one attached hydrogen (secondary N) is 2. The van der Waals surface area contributed by atoms with Gasteiger partial charge in [-0.3, -0.25) is 19.7 Å². The summed E-state index contributed by atoms with van der Waals surface area (Å²) in [6.45, 7) is 1.88. The highest BCUT2D eigenvalue weighted by molar-refractivity contribution is 8.00. The fraction of sp³-hybridized carbons (Fsp3) is 0.238. The number of thioether (sulfide) groups is 1. The molecular weight excluding hydrogens is 451 g/mol. The molecular formula is C21H21FN6O4S. The van der Waals surface area contributed by atoms with E-state index < -0.39 is 21.9 Å². The lowest BCUT2D eigenvalue weighted by molar-refractivity contribution is -0.384. The molecule has 33 heavy (non-hydrogen) atoms. The largest absolute Gasteiger partial charge is 0.345 e. The van der Waals surface area contributed by atoms with Gasteiger partial charge < -0.3 is 15.2 Å². The Balaban J connectivity index is 1.61. The number of rotatable bonds is 9. The van der Waals surface area contributed by atoms with Gasteiger partial charge in [-0.05, 0) is 30.7 Å². The normalized spacial score (nSPS) is 11.6. The van der Waals surface area contributed by atoms with Crippen molar-refractivity contribution in [2.75, 3.05) is 5.32 Å². The number of carbonyl (C=O) groups excluding carboxylic acids is 2. The summed E-state index contributed by atoms with van der Waals surface area (Å²) in [5.41, 5.74) is 0.311. The lowest BCUT2D eigenvalue weighted by atomic mass is 10.2. The summed E-state index contributed by atoms with van der Waals surface area (Å²) >= 11 is 1.20. The first-order chi connectivity index (χ1) is 15.8. The van der Waals surface area contributed by atoms with Gasteiger partial charge in [-0.2, -0.15) is 0 Å². The minimum Gasteiger partial charge on any atom is -0.345 e. The molecule has 0 aliphatic rings. The lowest BCUT2D eigenvalue weighted by Gasteiger charge is -2.14. The Morgan fingerprint density at radius 2 is 1.88 bits per heavy atom. The topological polar surface area (TPSA) is 132 Å². The van der Waals surface area contributed by atoms with Crippen molar-refractivity contribution >= 4 is 35.0 Å². The molecule has 10 nitrogen and oxygen atoms in total. The average molecular weight is 473 g/mol. The maximum absolute atomic E-state index is 13.8. The number of carbonyl (C=O) groups is 2. The van der Waals surface area contributed by atoms with Crippen molar-refractivity contribution in [1.82, 2.24) is 20.1 Å². The number of amides is 2. The summed E-state index contributed by atoms with van der Waals surface area (Å²) in [7, 11) is 1.70. The molecule has 0 aliphatic carbocycles. The molecule has 0 unspecified atom stereocenters. The molecule has 0 spiro atoms. The number of nitro benzene ring substituents is 1. The minimum atomic E-state index is -0.617. The van der Waals surface area contributed by atoms with E-state index in [1.54, 1.807) is 17.7 Å². The van der Waals surface area contributed by atoms with Crippen LogP contribution < -0.4 is 10.6 Å². The summed E-state index contributed by atoms with van der Waals surface area (Å²) in [6, 6.07) is 11.2. The molecule has 1 aromatic heterocycles. The van der Waals surface area contributed by atoms with Gasteiger partial charge in [-0.1, -0.05) is 30.8 Å². The van der Waals surface area contributed by atoms with E-state index in [4.69, 9.17) is 0 Å². The molecule has 1 heterocycles. The number of halogens is 1. The van der Waals surface area contributed by atoms with Crippen molar-refractivity contribution in [3.05, 3.63) is 75.9 Å². The van der Waals surface area contributed by atoms with Crippen LogP contribution in [0.1, 0.15) is 29.5 Å². The van der Waals surface area contributed by atoms with Crippen LogP contribution in [-0.2, 0) is 18.4 Å². The summed E-state index contributed by atoms with van der Waals surface area (Å²) in [4.78, 5) is 35.1. The number of non-ortho nitro benzene ring substituents is 1. The highest BCUT2D eigenvalue weighted by atomic mass is 32.2. The van der Waals surface area contributed by atoms with E-state index in [1.807, 2.05) is 6.92 Å². The van der Waals surface area contributed by atoms with Gasteiger partial charge in [-0.15, -0.1) is 10.2 Å². The number of aromatic nitrogens is 3. The van der Waals surface area contributed by atoms with Crippen LogP contribution in [0.5, 0.6) is 0 Å². The third kappa shape index (κ3) is 5.92. The molecule has 0 radical (unpaired) electrons. The van der Waals surface area contributed by atoms with Crippen LogP contribution in [0.3, 0.4) is 0 Å². The third-order valence-electron chi connectivity index (χ3n) is 4.71. The van der Waals surface area contributed by atoms with E-state index in [0.29, 0.717) is 23.1 Å². The Labute approximate surface area is 192 Å². The standard InChI is InChI=1S/C21H21FN6O4S/c1-3-17(20(30)24-13-8-10-14(11-9-13)28(31)32)33-21-26-25-18(27(21)2)12-23-19(29)15-6-4-5-7-16(15)22/h4-11,17H,3,12H2,1-2H3,(H,23,29)(H,24,30)/t17-/m0/s1. The van der Waals surface area contributed by atoms with Gasteiger partial charge in [0.2, 0.25) is 5.91 Å². The Morgan fingerprint density at radius 1 is 1.18 bits per heavy atom. The molecule has 3 rings (SSSR count). The Bertz CT molecular complexity index is 1170. The average Bonchev–Trinajstić information content (AvgIpc) is 3.15. The molecule has 2 aromatic carbocycles. The van der Waals surface area contributed by atoms with Crippen LogP contribution in [0.2, 0.25) is 0 Å². The lowest BCUT2D eigenvalue weighted by Crippen LogP contribution is -2.26. The summed E-state index contributed by atoms with van der Waals surface area (Å²) in [5, 5.41) is 24.2. The molecule has 0 aliphatic heterocycles. The van der Waals surface area contributed by atoms with Gasteiger partial charge >= 0.3 is 0 Å². The first kappa shape index (κ1) is 23.9. The molecule has 0 saturated carbocycles. The van der Waals surface area contributed by atoms with Crippen LogP contribution in [0, 0.1) is 15.9 Å². The minimum absolute atomic E-state index is 0.0308. The second-order valence-corrected chi connectivity index (χ2v) is 8.10. The van der Waals surface area contributed by atoms with Gasteiger partial charge in [0.15, 0.2) is 11.0 Å². The summed E-state index contributed by atoms with van der Waals surface area (Å²) in [6.07, 6.45) is 0.496. The van der Waals surface area contributed by atoms with Gasteiger partial charge in [-0.25, -0.2) is 4.39 Å². The SMILES string of the molecule is CC[C@H](Sc1nnc(CNC(=O)c2ccccc2F)n1C)C(=O)Nc1ccc([N+](=O)[O-])cc1. The summed E-state index contributed by atoms with van der Waals surface area (Å²) < 4.78 is 15.4. The number of nitro groups is 1. The van der Waals surface area contributed by atoms with Crippen molar-refractivity contribution in [3.63, 3.8) is 0 Å². The van der Waals surface area contributed by atoms with Crippen LogP contribution in [0.15, 0.2) is 53.7 Å². The molecule has 0 fully saturated rings. The van der Waals surface area contributed by atoms with Gasteiger partial charge in [0.25, 0.3) is 11.6 Å². The van der Waals surface area contributed by atoms with Crippen molar-refractivity contribution in [2.45, 2.75) is 30.3 Å². The fourth-order valence-corrected chi connectivity index (χ4v) is 3.78. The van der Waals surface area contributed by atoms with Crippen molar-refractivity contribution in [2.24, 2.45) is 7.05 Å². The van der Waals surface area contributed by atoms with Crippen LogP contribution in [0.25, 0.3) is 0 Å². The molecule has 12 heteroatoms. The molecule has 2 N–H and O–H groups in total. The van der Waals surface area contributed by atoms with Crippen LogP contribution >= 0.6 is 11.8 Å². The maximum atomic E-state index is 13.8. The zero-order valence-electron chi connectivity index (χ0n) is 17.8. The highest BCUT2D eigenvalue weighted by Gasteiger charge is 2.22. The molecule has 0 bridgehead atoms. The maximum Gasteiger partial charge on any atom is 0.269 e. The predicted octanol–water partition coefficient (Wildman–Crippen LogP) is 3.30. The van der Waals surface area contributed by atoms with Gasteiger partial charge in [0.05, 0.1) is 22.3 Å². The van der Waals surface area contributed by atoms with E-state index in [0.717, 1.165) is 0 Å². The quantitative estimate of drug-likeness (QED) is 0.277. The molecule has 172 valence electrons. The number of benzene rings is 2. The van der Waals surface area contributed by atoms with Gasteiger partial charge in [0, 0.05) is 24.9 Å². The van der Waals surface area contributed by atoms with Crippen molar-refractivity contribution < 1.29 is 18.9 Å². The first-order valence-electron chi connectivity index (χ1n) is 9.93. The smallest absolute Gasteiger partial charge is 0.269 e. The Kier molecular flexibility index (Phi) is 7.72. The van der Waals surface area contributed by atoms with Crippen LogP contribution in [-0.4, -0.2) is 36.8 Å². The van der Waals surface area contributed by atoms with Crippen molar-refractivity contribution in [3.8, 4) is 0 Å². The van der Waals surface area contributed by atoms with E-state index in [1.165, 1.54) is 54.2 Å². The molecule has 2 amide bonds. The monoisotopic (exact) mass is 472 g/mol.